The van der Waals surface area contributed by atoms with Gasteiger partial charge in [0.2, 0.25) is 0 Å². The quantitative estimate of drug-likeness (QED) is 0.509. The minimum Gasteiger partial charge on any atom is -0.487 e. The van der Waals surface area contributed by atoms with Gasteiger partial charge in [-0.1, -0.05) is 28.4 Å². The number of hydrogen-bond acceptors (Lipinski definition) is 5. The molecular formula is C19H13Cl2F4N3O2. The molecule has 1 fully saturated rings. The van der Waals surface area contributed by atoms with Gasteiger partial charge in [0.25, 0.3) is 5.60 Å². The van der Waals surface area contributed by atoms with Crippen molar-refractivity contribution in [1.82, 2.24) is 10.6 Å². The van der Waals surface area contributed by atoms with Crippen LogP contribution in [-0.4, -0.2) is 30.6 Å². The van der Waals surface area contributed by atoms with Crippen molar-refractivity contribution >= 4 is 28.9 Å². The number of alkyl halides is 3. The Kier molecular flexibility index (Phi) is 4.20. The van der Waals surface area contributed by atoms with Crippen LogP contribution in [0.5, 0.6) is 0 Å². The normalized spacial score (nSPS) is 26.5. The van der Waals surface area contributed by atoms with Crippen LogP contribution >= 0.6 is 23.2 Å². The van der Waals surface area contributed by atoms with E-state index in [9.17, 15) is 17.6 Å². The van der Waals surface area contributed by atoms with E-state index in [1.807, 2.05) is 0 Å². The fraction of sp³-hybridized carbons (Fsp3) is 0.316. The van der Waals surface area contributed by atoms with Crippen molar-refractivity contribution in [2.24, 2.45) is 5.16 Å². The van der Waals surface area contributed by atoms with E-state index in [0.717, 1.165) is 23.3 Å². The highest BCUT2D eigenvalue weighted by molar-refractivity contribution is 6.35. The van der Waals surface area contributed by atoms with Crippen molar-refractivity contribution in [2.45, 2.75) is 23.8 Å². The standard InChI is InChI=1S/C19H13Cl2F4N3O2/c20-12-2-10(3-13(21)16(12)22)18(19(23,24)25)4-15(28-30-18)14-1-9-6-29-17(7-26-8-17)11(9)5-27-14/h1-3,5-6,26-27H,4,7-8H2. The van der Waals surface area contributed by atoms with Crippen LogP contribution in [0, 0.1) is 5.82 Å². The predicted octanol–water partition coefficient (Wildman–Crippen LogP) is 4.29. The Morgan fingerprint density at radius 1 is 1.13 bits per heavy atom. The first-order valence-electron chi connectivity index (χ1n) is 8.90. The van der Waals surface area contributed by atoms with Crippen LogP contribution < -0.4 is 10.6 Å². The summed E-state index contributed by atoms with van der Waals surface area (Å²) >= 11 is 11.4. The molecule has 1 atom stereocenters. The highest BCUT2D eigenvalue weighted by atomic mass is 35.5. The number of nitrogens with zero attached hydrogens (tertiary/aromatic N) is 1. The molecule has 11 heteroatoms. The van der Waals surface area contributed by atoms with Crippen molar-refractivity contribution in [2.75, 3.05) is 13.1 Å². The molecule has 0 bridgehead atoms. The zero-order valence-corrected chi connectivity index (χ0v) is 16.6. The molecule has 1 aromatic rings. The predicted molar refractivity (Wildman–Crippen MR) is 101 cm³/mol. The number of benzene rings is 1. The van der Waals surface area contributed by atoms with Gasteiger partial charge >= 0.3 is 6.18 Å². The summed E-state index contributed by atoms with van der Waals surface area (Å²) in [5.74, 6) is -1.000. The van der Waals surface area contributed by atoms with E-state index < -0.39 is 45.2 Å². The minimum atomic E-state index is -4.86. The third-order valence-electron chi connectivity index (χ3n) is 5.65. The van der Waals surface area contributed by atoms with Gasteiger partial charge in [-0.05, 0) is 18.2 Å². The van der Waals surface area contributed by atoms with E-state index in [2.05, 4.69) is 15.8 Å². The molecule has 5 rings (SSSR count). The summed E-state index contributed by atoms with van der Waals surface area (Å²) in [5.41, 5.74) is -1.63. The number of dihydropyridines is 1. The molecule has 1 saturated heterocycles. The van der Waals surface area contributed by atoms with Gasteiger partial charge in [-0.3, -0.25) is 0 Å². The van der Waals surface area contributed by atoms with Crippen LogP contribution in [-0.2, 0) is 15.2 Å². The summed E-state index contributed by atoms with van der Waals surface area (Å²) in [6.07, 6.45) is -0.549. The largest absolute Gasteiger partial charge is 0.487 e. The highest BCUT2D eigenvalue weighted by Crippen LogP contribution is 2.50. The number of rotatable bonds is 2. The molecule has 0 aromatic heterocycles. The van der Waals surface area contributed by atoms with Gasteiger partial charge in [-0.15, -0.1) is 0 Å². The molecule has 4 aliphatic rings. The number of ether oxygens (including phenoxy) is 1. The summed E-state index contributed by atoms with van der Waals surface area (Å²) < 4.78 is 61.8. The van der Waals surface area contributed by atoms with Crippen molar-refractivity contribution < 1.29 is 27.1 Å². The summed E-state index contributed by atoms with van der Waals surface area (Å²) in [6.45, 7) is 1.30. The molecule has 0 saturated carbocycles. The SMILES string of the molecule is Fc1c(Cl)cc(C2(C(F)(F)F)CC(C3=CC4=COC5(CNC5)C4=CN3)=NO2)cc1Cl. The lowest BCUT2D eigenvalue weighted by Gasteiger charge is -2.40. The second-order valence-corrected chi connectivity index (χ2v) is 8.25. The van der Waals surface area contributed by atoms with Crippen LogP contribution in [0.3, 0.4) is 0 Å². The van der Waals surface area contributed by atoms with Crippen molar-refractivity contribution in [1.29, 1.82) is 0 Å². The van der Waals surface area contributed by atoms with Gasteiger partial charge in [0, 0.05) is 36.0 Å². The topological polar surface area (TPSA) is 54.9 Å². The first-order valence-corrected chi connectivity index (χ1v) is 9.66. The van der Waals surface area contributed by atoms with E-state index >= 15 is 0 Å². The average molecular weight is 462 g/mol. The zero-order valence-electron chi connectivity index (χ0n) is 15.0. The van der Waals surface area contributed by atoms with Crippen LogP contribution in [0.15, 0.2) is 52.7 Å². The van der Waals surface area contributed by atoms with E-state index in [0.29, 0.717) is 18.8 Å². The maximum atomic E-state index is 14.1. The average Bonchev–Trinajstić information content (AvgIpc) is 3.27. The minimum absolute atomic E-state index is 0.0489. The van der Waals surface area contributed by atoms with Gasteiger partial charge in [0.15, 0.2) is 11.4 Å². The molecule has 2 N–H and O–H groups in total. The Labute approximate surface area is 178 Å². The maximum Gasteiger partial charge on any atom is 0.435 e. The first kappa shape index (κ1) is 19.7. The number of nitrogens with one attached hydrogen (secondary N) is 2. The molecule has 0 aliphatic carbocycles. The Morgan fingerprint density at radius 2 is 1.83 bits per heavy atom. The Bertz CT molecular complexity index is 1050. The second kappa shape index (κ2) is 6.38. The lowest BCUT2D eigenvalue weighted by atomic mass is 9.83. The summed E-state index contributed by atoms with van der Waals surface area (Å²) in [5, 5.41) is 8.76. The summed E-state index contributed by atoms with van der Waals surface area (Å²) in [4.78, 5) is 4.95. The van der Waals surface area contributed by atoms with Gasteiger partial charge < -0.3 is 20.2 Å². The lowest BCUT2D eigenvalue weighted by molar-refractivity contribution is -0.275. The number of oxime groups is 1. The van der Waals surface area contributed by atoms with Gasteiger partial charge in [-0.2, -0.15) is 13.2 Å². The molecule has 0 amide bonds. The molecule has 1 unspecified atom stereocenters. The van der Waals surface area contributed by atoms with Gasteiger partial charge in [0.1, 0.15) is 5.71 Å². The fourth-order valence-corrected chi connectivity index (χ4v) is 4.36. The van der Waals surface area contributed by atoms with Crippen LogP contribution in [0.2, 0.25) is 10.0 Å². The molecule has 30 heavy (non-hydrogen) atoms. The van der Waals surface area contributed by atoms with E-state index in [1.54, 1.807) is 18.5 Å². The Hall–Kier alpha value is -2.23. The van der Waals surface area contributed by atoms with E-state index in [-0.39, 0.29) is 5.71 Å². The first-order chi connectivity index (χ1) is 14.2. The monoisotopic (exact) mass is 461 g/mol. The number of hydrogen-bond donors (Lipinski definition) is 2. The fourth-order valence-electron chi connectivity index (χ4n) is 3.87. The van der Waals surface area contributed by atoms with Gasteiger partial charge in [0.05, 0.1) is 28.4 Å². The smallest absolute Gasteiger partial charge is 0.435 e. The van der Waals surface area contributed by atoms with Crippen molar-refractivity contribution in [3.8, 4) is 0 Å². The van der Waals surface area contributed by atoms with Crippen LogP contribution in [0.1, 0.15) is 12.0 Å². The molecule has 4 aliphatic heterocycles. The number of halogens is 6. The summed E-state index contributed by atoms with van der Waals surface area (Å²) in [6, 6.07) is 1.71. The summed E-state index contributed by atoms with van der Waals surface area (Å²) in [7, 11) is 0. The highest BCUT2D eigenvalue weighted by Gasteiger charge is 2.63. The third kappa shape index (κ3) is 2.68. The number of allylic oxidation sites excluding steroid dienone is 2. The third-order valence-corrected chi connectivity index (χ3v) is 6.20. The molecule has 1 spiro atoms. The van der Waals surface area contributed by atoms with Crippen molar-refractivity contribution in [3.63, 3.8) is 0 Å². The Morgan fingerprint density at radius 3 is 2.43 bits per heavy atom. The zero-order chi connectivity index (χ0) is 21.3. The lowest BCUT2D eigenvalue weighted by Crippen LogP contribution is -2.60. The molecule has 4 heterocycles. The number of fused-ring (bicyclic) bond motifs is 2. The van der Waals surface area contributed by atoms with E-state index in [1.165, 1.54) is 0 Å². The van der Waals surface area contributed by atoms with Gasteiger partial charge in [-0.25, -0.2) is 4.39 Å². The van der Waals surface area contributed by atoms with Crippen LogP contribution in [0.25, 0.3) is 0 Å². The second-order valence-electron chi connectivity index (χ2n) is 7.43. The van der Waals surface area contributed by atoms with E-state index in [4.69, 9.17) is 32.8 Å². The van der Waals surface area contributed by atoms with Crippen molar-refractivity contribution in [3.05, 3.63) is 68.9 Å². The molecular weight excluding hydrogens is 449 g/mol. The van der Waals surface area contributed by atoms with Crippen LogP contribution in [0.4, 0.5) is 17.6 Å². The molecule has 1 aromatic carbocycles. The molecule has 5 nitrogen and oxygen atoms in total. The maximum absolute atomic E-state index is 14.1. The molecule has 158 valence electrons. The Balaban J connectivity index is 1.46. The molecule has 0 radical (unpaired) electrons.